The van der Waals surface area contributed by atoms with Crippen LogP contribution in [0.3, 0.4) is 0 Å². The summed E-state index contributed by atoms with van der Waals surface area (Å²) in [6.07, 6.45) is 2.82. The number of aryl methyl sites for hydroxylation is 1. The number of aromatic nitrogens is 2. The Bertz CT molecular complexity index is 673. The quantitative estimate of drug-likeness (QED) is 0.686. The minimum atomic E-state index is -0.522. The molecule has 1 heterocycles. The predicted molar refractivity (Wildman–Crippen MR) is 75.5 cm³/mol. The average molecular weight is 337 g/mol. The van der Waals surface area contributed by atoms with Crippen LogP contribution in [0.2, 0.25) is 0 Å². The summed E-state index contributed by atoms with van der Waals surface area (Å²) < 4.78 is 0.543. The van der Waals surface area contributed by atoms with E-state index in [-0.39, 0.29) is 17.1 Å². The number of carbonyl (C=O) groups is 1. The monoisotopic (exact) mass is 336 g/mol. The molecule has 0 saturated carbocycles. The van der Waals surface area contributed by atoms with Crippen molar-refractivity contribution in [2.75, 3.05) is 5.32 Å². The zero-order valence-electron chi connectivity index (χ0n) is 10.3. The van der Waals surface area contributed by atoms with Crippen LogP contribution in [0, 0.1) is 17.0 Å². The highest BCUT2D eigenvalue weighted by Gasteiger charge is 2.15. The van der Waals surface area contributed by atoms with Crippen molar-refractivity contribution < 1.29 is 9.72 Å². The number of nitrogens with one attached hydrogen (secondary N) is 1. The van der Waals surface area contributed by atoms with Gasteiger partial charge in [-0.25, -0.2) is 9.97 Å². The van der Waals surface area contributed by atoms with E-state index in [9.17, 15) is 14.9 Å². The number of rotatable bonds is 3. The Hall–Kier alpha value is -2.35. The van der Waals surface area contributed by atoms with Crippen molar-refractivity contribution in [1.29, 1.82) is 0 Å². The van der Waals surface area contributed by atoms with Crippen molar-refractivity contribution in [3.05, 3.63) is 56.4 Å². The Morgan fingerprint density at radius 3 is 2.70 bits per heavy atom. The van der Waals surface area contributed by atoms with E-state index in [0.29, 0.717) is 10.2 Å². The normalized spacial score (nSPS) is 10.1. The van der Waals surface area contributed by atoms with Crippen molar-refractivity contribution in [2.45, 2.75) is 6.92 Å². The number of hydrogen-bond donors (Lipinski definition) is 1. The van der Waals surface area contributed by atoms with Crippen molar-refractivity contribution in [3.63, 3.8) is 0 Å². The molecular weight excluding hydrogens is 328 g/mol. The summed E-state index contributed by atoms with van der Waals surface area (Å²) in [5, 5.41) is 13.4. The molecule has 2 aromatic rings. The lowest BCUT2D eigenvalue weighted by Gasteiger charge is -2.05. The average Bonchev–Trinajstić information content (AvgIpc) is 2.41. The summed E-state index contributed by atoms with van der Waals surface area (Å²) in [6, 6.07) is 4.28. The maximum absolute atomic E-state index is 12.0. The number of nitro groups is 1. The number of carbonyl (C=O) groups excluding carboxylic acids is 1. The van der Waals surface area contributed by atoms with E-state index in [4.69, 9.17) is 0 Å². The molecule has 1 aromatic heterocycles. The first-order valence-corrected chi connectivity index (χ1v) is 6.30. The van der Waals surface area contributed by atoms with Gasteiger partial charge in [-0.2, -0.15) is 0 Å². The summed E-state index contributed by atoms with van der Waals surface area (Å²) in [7, 11) is 0. The Morgan fingerprint density at radius 1 is 1.35 bits per heavy atom. The number of hydrogen-bond acceptors (Lipinski definition) is 5. The van der Waals surface area contributed by atoms with Gasteiger partial charge in [-0.05, 0) is 28.9 Å². The molecule has 0 aliphatic rings. The smallest absolute Gasteiger partial charge is 0.273 e. The third kappa shape index (κ3) is 3.15. The summed E-state index contributed by atoms with van der Waals surface area (Å²) in [5.74, 6) is -0.217. The van der Waals surface area contributed by atoms with E-state index in [1.165, 1.54) is 30.6 Å². The lowest BCUT2D eigenvalue weighted by molar-refractivity contribution is -0.385. The fraction of sp³-hybridized carbons (Fsp3) is 0.0833. The Labute approximate surface area is 122 Å². The first-order chi connectivity index (χ1) is 9.47. The maximum atomic E-state index is 12.0. The van der Waals surface area contributed by atoms with Crippen LogP contribution >= 0.6 is 15.9 Å². The van der Waals surface area contributed by atoms with Crippen LogP contribution in [0.15, 0.2) is 35.2 Å². The van der Waals surface area contributed by atoms with Gasteiger partial charge >= 0.3 is 0 Å². The van der Waals surface area contributed by atoms with Gasteiger partial charge in [-0.1, -0.05) is 6.07 Å². The van der Waals surface area contributed by atoms with Crippen LogP contribution in [0.4, 0.5) is 11.5 Å². The fourth-order valence-electron chi connectivity index (χ4n) is 1.51. The second-order valence-corrected chi connectivity index (χ2v) is 4.75. The topological polar surface area (TPSA) is 98.0 Å². The molecule has 0 aliphatic carbocycles. The van der Waals surface area contributed by atoms with Gasteiger partial charge in [-0.3, -0.25) is 14.9 Å². The number of amides is 1. The summed E-state index contributed by atoms with van der Waals surface area (Å²) >= 11 is 3.13. The van der Waals surface area contributed by atoms with Crippen LogP contribution in [-0.4, -0.2) is 20.8 Å². The predicted octanol–water partition coefficient (Wildman–Crippen LogP) is 2.71. The molecule has 0 atom stereocenters. The molecule has 0 aliphatic heterocycles. The van der Waals surface area contributed by atoms with Gasteiger partial charge in [0.05, 0.1) is 17.3 Å². The van der Waals surface area contributed by atoms with Crippen molar-refractivity contribution in [2.24, 2.45) is 0 Å². The van der Waals surface area contributed by atoms with E-state index in [2.05, 4.69) is 31.2 Å². The zero-order chi connectivity index (χ0) is 14.7. The molecule has 0 unspecified atom stereocenters. The van der Waals surface area contributed by atoms with Crippen LogP contribution in [0.5, 0.6) is 0 Å². The maximum Gasteiger partial charge on any atom is 0.273 e. The number of nitrogens with zero attached hydrogens (tertiary/aromatic N) is 3. The Morgan fingerprint density at radius 2 is 2.10 bits per heavy atom. The second-order valence-electron chi connectivity index (χ2n) is 3.94. The number of halogens is 1. The summed E-state index contributed by atoms with van der Waals surface area (Å²) in [6.45, 7) is 1.61. The second kappa shape index (κ2) is 5.74. The fourth-order valence-corrected chi connectivity index (χ4v) is 1.72. The molecule has 0 bridgehead atoms. The van der Waals surface area contributed by atoms with E-state index in [0.717, 1.165) is 0 Å². The molecule has 20 heavy (non-hydrogen) atoms. The van der Waals surface area contributed by atoms with E-state index < -0.39 is 10.8 Å². The SMILES string of the molecule is Cc1ccc(C(=O)Nc2cnc(Br)cn2)cc1[N+](=O)[O-]. The van der Waals surface area contributed by atoms with E-state index in [1.54, 1.807) is 6.92 Å². The van der Waals surface area contributed by atoms with Gasteiger partial charge in [0.1, 0.15) is 4.60 Å². The molecule has 8 heteroatoms. The Balaban J connectivity index is 2.23. The lowest BCUT2D eigenvalue weighted by Crippen LogP contribution is -2.13. The zero-order valence-corrected chi connectivity index (χ0v) is 11.9. The molecule has 0 radical (unpaired) electrons. The highest BCUT2D eigenvalue weighted by molar-refractivity contribution is 9.10. The number of benzene rings is 1. The number of anilines is 1. The first kappa shape index (κ1) is 14.1. The molecule has 1 N–H and O–H groups in total. The molecule has 0 fully saturated rings. The van der Waals surface area contributed by atoms with Crippen molar-refractivity contribution in [3.8, 4) is 0 Å². The highest BCUT2D eigenvalue weighted by Crippen LogP contribution is 2.19. The van der Waals surface area contributed by atoms with Crippen molar-refractivity contribution in [1.82, 2.24) is 9.97 Å². The molecule has 1 aromatic carbocycles. The molecule has 0 spiro atoms. The molecule has 102 valence electrons. The summed E-state index contributed by atoms with van der Waals surface area (Å²) in [4.78, 5) is 30.1. The van der Waals surface area contributed by atoms with Gasteiger partial charge < -0.3 is 5.32 Å². The standard InChI is InChI=1S/C12H9BrN4O3/c1-7-2-3-8(4-9(7)17(19)20)12(18)16-11-6-14-10(13)5-15-11/h2-6H,1H3,(H,15,16,18). The van der Waals surface area contributed by atoms with Crippen LogP contribution in [-0.2, 0) is 0 Å². The first-order valence-electron chi connectivity index (χ1n) is 5.51. The van der Waals surface area contributed by atoms with Crippen molar-refractivity contribution >= 4 is 33.3 Å². The Kier molecular flexibility index (Phi) is 4.04. The molecule has 7 nitrogen and oxygen atoms in total. The van der Waals surface area contributed by atoms with Gasteiger partial charge in [0.15, 0.2) is 5.82 Å². The molecule has 0 saturated heterocycles. The van der Waals surface area contributed by atoms with E-state index in [1.807, 2.05) is 0 Å². The number of nitro benzene ring substituents is 1. The minimum Gasteiger partial charge on any atom is -0.305 e. The minimum absolute atomic E-state index is 0.0976. The molecule has 1 amide bonds. The van der Waals surface area contributed by atoms with Crippen LogP contribution in [0.25, 0.3) is 0 Å². The van der Waals surface area contributed by atoms with Crippen LogP contribution < -0.4 is 5.32 Å². The third-order valence-corrected chi connectivity index (χ3v) is 2.94. The highest BCUT2D eigenvalue weighted by atomic mass is 79.9. The molecular formula is C12H9BrN4O3. The molecule has 2 rings (SSSR count). The lowest BCUT2D eigenvalue weighted by atomic mass is 10.1. The van der Waals surface area contributed by atoms with Gasteiger partial charge in [-0.15, -0.1) is 0 Å². The van der Waals surface area contributed by atoms with E-state index >= 15 is 0 Å². The third-order valence-electron chi connectivity index (χ3n) is 2.53. The van der Waals surface area contributed by atoms with Gasteiger partial charge in [0, 0.05) is 17.2 Å². The summed E-state index contributed by atoms with van der Waals surface area (Å²) in [5.41, 5.74) is 0.585. The van der Waals surface area contributed by atoms with Crippen LogP contribution in [0.1, 0.15) is 15.9 Å². The largest absolute Gasteiger partial charge is 0.305 e. The van der Waals surface area contributed by atoms with Gasteiger partial charge in [0.25, 0.3) is 11.6 Å². The van der Waals surface area contributed by atoms with Gasteiger partial charge in [0.2, 0.25) is 0 Å².